The van der Waals surface area contributed by atoms with Gasteiger partial charge in [0, 0.05) is 25.4 Å². The number of likely N-dealkylation sites (tertiary alicyclic amines) is 1. The summed E-state index contributed by atoms with van der Waals surface area (Å²) in [5.41, 5.74) is 1.96. The van der Waals surface area contributed by atoms with Gasteiger partial charge in [-0.2, -0.15) is 0 Å². The Morgan fingerprint density at radius 3 is 2.50 bits per heavy atom. The third-order valence-electron chi connectivity index (χ3n) is 5.01. The highest BCUT2D eigenvalue weighted by Gasteiger charge is 2.44. The van der Waals surface area contributed by atoms with Gasteiger partial charge in [0.2, 0.25) is 5.91 Å². The number of H-pyrrole nitrogens is 1. The molecule has 5 nitrogen and oxygen atoms in total. The van der Waals surface area contributed by atoms with Gasteiger partial charge in [0.05, 0.1) is 23.6 Å². The fraction of sp³-hybridized carbons (Fsp3) is 0.529. The van der Waals surface area contributed by atoms with E-state index in [-0.39, 0.29) is 36.6 Å². The number of nitrogens with zero attached hydrogens (tertiary/aromatic N) is 2. The predicted octanol–water partition coefficient (Wildman–Crippen LogP) is 3.11. The van der Waals surface area contributed by atoms with Crippen molar-refractivity contribution in [2.75, 3.05) is 19.6 Å². The quantitative estimate of drug-likeness (QED) is 0.805. The lowest BCUT2D eigenvalue weighted by atomic mass is 9.95. The average molecular weight is 407 g/mol. The van der Waals surface area contributed by atoms with Crippen LogP contribution in [0.2, 0.25) is 0 Å². The second-order valence-electron chi connectivity index (χ2n) is 6.73. The number of fused-ring (bicyclic) bond motifs is 1. The Labute approximate surface area is 162 Å². The zero-order chi connectivity index (χ0) is 16.7. The molecule has 1 aromatic carbocycles. The summed E-state index contributed by atoms with van der Waals surface area (Å²) in [6.07, 6.45) is 1.21. The number of alkyl halides is 2. The molecule has 0 bridgehead atoms. The number of amides is 1. The summed E-state index contributed by atoms with van der Waals surface area (Å²) in [7, 11) is 0. The fourth-order valence-corrected chi connectivity index (χ4v) is 3.65. The van der Waals surface area contributed by atoms with Crippen LogP contribution in [0.5, 0.6) is 0 Å². The monoisotopic (exact) mass is 406 g/mol. The van der Waals surface area contributed by atoms with E-state index in [1.165, 1.54) is 0 Å². The molecule has 1 amide bonds. The molecule has 1 unspecified atom stereocenters. The standard InChI is InChI=1S/C17H20F2N4O.2ClH/c18-17(19)9-14(20-10-17)16(24)23-7-5-11(6-8-23)15-21-12-3-1-2-4-13(12)22-15;;/h1-4,11,14,20H,5-10H2,(H,21,22);2*1H. The number of imidazole rings is 1. The molecular weight excluding hydrogens is 385 g/mol. The Bertz CT molecular complexity index is 729. The van der Waals surface area contributed by atoms with Crippen molar-refractivity contribution in [2.45, 2.75) is 37.1 Å². The van der Waals surface area contributed by atoms with Crippen molar-refractivity contribution in [3.05, 3.63) is 30.1 Å². The van der Waals surface area contributed by atoms with Crippen LogP contribution in [0.15, 0.2) is 24.3 Å². The fourth-order valence-electron chi connectivity index (χ4n) is 3.65. The van der Waals surface area contributed by atoms with Crippen LogP contribution in [-0.4, -0.2) is 52.4 Å². The molecule has 0 spiro atoms. The summed E-state index contributed by atoms with van der Waals surface area (Å²) in [6, 6.07) is 7.15. The van der Waals surface area contributed by atoms with Crippen LogP contribution in [0.25, 0.3) is 11.0 Å². The van der Waals surface area contributed by atoms with Crippen molar-refractivity contribution in [1.29, 1.82) is 0 Å². The number of aromatic nitrogens is 2. The summed E-state index contributed by atoms with van der Waals surface area (Å²) < 4.78 is 26.5. The summed E-state index contributed by atoms with van der Waals surface area (Å²) in [6.45, 7) is 0.771. The number of halogens is 4. The first-order chi connectivity index (χ1) is 11.5. The largest absolute Gasteiger partial charge is 0.342 e. The summed E-state index contributed by atoms with van der Waals surface area (Å²) >= 11 is 0. The summed E-state index contributed by atoms with van der Waals surface area (Å²) in [4.78, 5) is 22.1. The molecule has 2 aliphatic heterocycles. The maximum Gasteiger partial charge on any atom is 0.262 e. The van der Waals surface area contributed by atoms with Gasteiger partial charge in [-0.1, -0.05) is 12.1 Å². The van der Waals surface area contributed by atoms with Crippen molar-refractivity contribution in [3.8, 4) is 0 Å². The van der Waals surface area contributed by atoms with Gasteiger partial charge in [-0.05, 0) is 25.0 Å². The molecule has 2 aliphatic rings. The molecular formula is C17H22Cl2F2N4O. The van der Waals surface area contributed by atoms with Gasteiger partial charge in [0.1, 0.15) is 5.82 Å². The molecule has 2 N–H and O–H groups in total. The number of carbonyl (C=O) groups excluding carboxylic acids is 1. The molecule has 2 saturated heterocycles. The van der Waals surface area contributed by atoms with Crippen LogP contribution in [0.3, 0.4) is 0 Å². The van der Waals surface area contributed by atoms with Gasteiger partial charge in [0.15, 0.2) is 0 Å². The average Bonchev–Trinajstić information content (AvgIpc) is 3.17. The van der Waals surface area contributed by atoms with E-state index in [2.05, 4.69) is 15.3 Å². The first-order valence-electron chi connectivity index (χ1n) is 8.36. The van der Waals surface area contributed by atoms with E-state index in [9.17, 15) is 13.6 Å². The van der Waals surface area contributed by atoms with Crippen LogP contribution in [0, 0.1) is 0 Å². The number of aromatic amines is 1. The van der Waals surface area contributed by atoms with Crippen LogP contribution < -0.4 is 5.32 Å². The molecule has 9 heteroatoms. The summed E-state index contributed by atoms with van der Waals surface area (Å²) in [5.74, 6) is -1.74. The van der Waals surface area contributed by atoms with E-state index < -0.39 is 24.9 Å². The van der Waals surface area contributed by atoms with Gasteiger partial charge in [-0.25, -0.2) is 13.8 Å². The van der Waals surface area contributed by atoms with Crippen molar-refractivity contribution in [1.82, 2.24) is 20.2 Å². The minimum absolute atomic E-state index is 0. The molecule has 2 fully saturated rings. The second-order valence-corrected chi connectivity index (χ2v) is 6.73. The highest BCUT2D eigenvalue weighted by Crippen LogP contribution is 2.30. The number of hydrogen-bond donors (Lipinski definition) is 2. The zero-order valence-corrected chi connectivity index (χ0v) is 15.7. The number of benzene rings is 1. The number of para-hydroxylation sites is 2. The van der Waals surface area contributed by atoms with Crippen LogP contribution >= 0.6 is 24.8 Å². The van der Waals surface area contributed by atoms with Gasteiger partial charge in [0.25, 0.3) is 5.92 Å². The topological polar surface area (TPSA) is 61.0 Å². The molecule has 26 heavy (non-hydrogen) atoms. The van der Waals surface area contributed by atoms with E-state index in [0.717, 1.165) is 29.7 Å². The Morgan fingerprint density at radius 2 is 1.88 bits per heavy atom. The molecule has 0 aliphatic carbocycles. The number of nitrogens with one attached hydrogen (secondary N) is 2. The van der Waals surface area contributed by atoms with Gasteiger partial charge >= 0.3 is 0 Å². The molecule has 0 radical (unpaired) electrons. The second kappa shape index (κ2) is 8.06. The molecule has 0 saturated carbocycles. The molecule has 1 aromatic heterocycles. The maximum atomic E-state index is 13.3. The van der Waals surface area contributed by atoms with Crippen LogP contribution in [0.4, 0.5) is 8.78 Å². The Morgan fingerprint density at radius 1 is 1.19 bits per heavy atom. The third kappa shape index (κ3) is 4.10. The van der Waals surface area contributed by atoms with Crippen molar-refractivity contribution < 1.29 is 13.6 Å². The zero-order valence-electron chi connectivity index (χ0n) is 14.1. The lowest BCUT2D eigenvalue weighted by molar-refractivity contribution is -0.134. The Kier molecular flexibility index (Phi) is 6.47. The van der Waals surface area contributed by atoms with E-state index in [1.54, 1.807) is 4.90 Å². The van der Waals surface area contributed by atoms with Gasteiger partial charge in [-0.3, -0.25) is 10.1 Å². The number of carbonyl (C=O) groups is 1. The van der Waals surface area contributed by atoms with Crippen LogP contribution in [0.1, 0.15) is 31.0 Å². The molecule has 1 atom stereocenters. The van der Waals surface area contributed by atoms with Crippen molar-refractivity contribution >= 4 is 41.8 Å². The van der Waals surface area contributed by atoms with Gasteiger partial charge < -0.3 is 9.88 Å². The van der Waals surface area contributed by atoms with Gasteiger partial charge in [-0.15, -0.1) is 24.8 Å². The Balaban J connectivity index is 0.00000121. The Hall–Kier alpha value is -1.44. The SMILES string of the molecule is Cl.Cl.O=C(C1CC(F)(F)CN1)N1CCC(c2nc3ccccc3[nH]2)CC1. The first-order valence-corrected chi connectivity index (χ1v) is 8.36. The van der Waals surface area contributed by atoms with E-state index in [4.69, 9.17) is 0 Å². The molecule has 2 aromatic rings. The summed E-state index contributed by atoms with van der Waals surface area (Å²) in [5, 5.41) is 2.64. The number of rotatable bonds is 2. The third-order valence-corrected chi connectivity index (χ3v) is 5.01. The number of piperidine rings is 1. The van der Waals surface area contributed by atoms with Crippen molar-refractivity contribution in [3.63, 3.8) is 0 Å². The number of hydrogen-bond acceptors (Lipinski definition) is 3. The predicted molar refractivity (Wildman–Crippen MR) is 100 cm³/mol. The van der Waals surface area contributed by atoms with E-state index >= 15 is 0 Å². The molecule has 4 rings (SSSR count). The highest BCUT2D eigenvalue weighted by molar-refractivity contribution is 5.85. The lowest BCUT2D eigenvalue weighted by Crippen LogP contribution is -2.46. The van der Waals surface area contributed by atoms with Crippen LogP contribution in [-0.2, 0) is 4.79 Å². The van der Waals surface area contributed by atoms with E-state index in [0.29, 0.717) is 13.1 Å². The first kappa shape index (κ1) is 20.9. The van der Waals surface area contributed by atoms with Crippen molar-refractivity contribution in [2.24, 2.45) is 0 Å². The maximum absolute atomic E-state index is 13.3. The minimum atomic E-state index is -2.77. The minimum Gasteiger partial charge on any atom is -0.342 e. The van der Waals surface area contributed by atoms with E-state index in [1.807, 2.05) is 24.3 Å². The smallest absolute Gasteiger partial charge is 0.262 e. The lowest BCUT2D eigenvalue weighted by Gasteiger charge is -2.32. The normalized spacial score (nSPS) is 22.7. The molecule has 3 heterocycles. The molecule has 144 valence electrons. The highest BCUT2D eigenvalue weighted by atomic mass is 35.5.